The topological polar surface area (TPSA) is 178 Å². The fourth-order valence-electron chi connectivity index (χ4n) is 3.04. The van der Waals surface area contributed by atoms with Gasteiger partial charge in [-0.3, -0.25) is 17.3 Å². The Balaban J connectivity index is 2.50. The van der Waals surface area contributed by atoms with Gasteiger partial charge in [0.05, 0.1) is 25.4 Å². The number of hydrogen-bond acceptors (Lipinski definition) is 12. The first-order valence-electron chi connectivity index (χ1n) is 9.25. The molecule has 188 valence electrons. The van der Waals surface area contributed by atoms with E-state index in [4.69, 9.17) is 22.0 Å². The number of nitrogens with one attached hydrogen (secondary N) is 1. The first-order valence-corrected chi connectivity index (χ1v) is 14.7. The molecule has 33 heavy (non-hydrogen) atoms. The lowest BCUT2D eigenvalue weighted by atomic mass is 9.96. The SMILES string of the molecule is COC1OC(COS(C)(=O)=O)C(OS(C)(=O)=O)C(OS(C)(=O)=O)C1NC(=O)c1ccccc1. The van der Waals surface area contributed by atoms with Crippen molar-refractivity contribution in [2.24, 2.45) is 0 Å². The summed E-state index contributed by atoms with van der Waals surface area (Å²) >= 11 is 0. The highest BCUT2D eigenvalue weighted by molar-refractivity contribution is 7.86. The average molecular weight is 532 g/mol. The van der Waals surface area contributed by atoms with Crippen molar-refractivity contribution in [1.82, 2.24) is 5.32 Å². The Kier molecular flexibility index (Phi) is 8.97. The predicted octanol–water partition coefficient (Wildman–Crippen LogP) is -1.18. The van der Waals surface area contributed by atoms with Gasteiger partial charge in [0.25, 0.3) is 36.3 Å². The minimum atomic E-state index is -4.24. The highest BCUT2D eigenvalue weighted by atomic mass is 32.2. The maximum absolute atomic E-state index is 12.7. The average Bonchev–Trinajstić information content (AvgIpc) is 2.67. The van der Waals surface area contributed by atoms with Gasteiger partial charge in [-0.1, -0.05) is 18.2 Å². The van der Waals surface area contributed by atoms with E-state index >= 15 is 0 Å². The molecule has 1 amide bonds. The van der Waals surface area contributed by atoms with Crippen LogP contribution < -0.4 is 5.32 Å². The zero-order valence-corrected chi connectivity index (χ0v) is 20.6. The lowest BCUT2D eigenvalue weighted by Crippen LogP contribution is -2.66. The monoisotopic (exact) mass is 531 g/mol. The molecule has 1 aromatic carbocycles. The van der Waals surface area contributed by atoms with Gasteiger partial charge in [-0.25, -0.2) is 0 Å². The van der Waals surface area contributed by atoms with E-state index in [2.05, 4.69) is 5.32 Å². The fraction of sp³-hybridized carbons (Fsp3) is 0.588. The molecule has 0 aliphatic carbocycles. The number of methoxy groups -OCH3 is 1. The highest BCUT2D eigenvalue weighted by Gasteiger charge is 2.51. The smallest absolute Gasteiger partial charge is 0.264 e. The number of amides is 1. The van der Waals surface area contributed by atoms with Crippen LogP contribution in [0.25, 0.3) is 0 Å². The van der Waals surface area contributed by atoms with Crippen molar-refractivity contribution < 1.29 is 52.1 Å². The summed E-state index contributed by atoms with van der Waals surface area (Å²) in [4.78, 5) is 12.7. The summed E-state index contributed by atoms with van der Waals surface area (Å²) in [5.74, 6) is -0.669. The predicted molar refractivity (Wildman–Crippen MR) is 114 cm³/mol. The zero-order chi connectivity index (χ0) is 25.0. The molecular formula is C17H25NO12S3. The van der Waals surface area contributed by atoms with E-state index in [1.807, 2.05) is 0 Å². The molecule has 0 spiro atoms. The van der Waals surface area contributed by atoms with Crippen LogP contribution >= 0.6 is 0 Å². The molecule has 2 rings (SSSR count). The maximum Gasteiger partial charge on any atom is 0.264 e. The molecular weight excluding hydrogens is 506 g/mol. The second-order valence-corrected chi connectivity index (χ2v) is 12.0. The van der Waals surface area contributed by atoms with Gasteiger partial charge in [-0.05, 0) is 12.1 Å². The molecule has 1 heterocycles. The molecule has 1 aromatic rings. The Labute approximate surface area is 192 Å². The van der Waals surface area contributed by atoms with E-state index < -0.39 is 73.5 Å². The fourth-order valence-corrected chi connectivity index (χ4v) is 4.69. The Bertz CT molecular complexity index is 1130. The number of carbonyl (C=O) groups is 1. The van der Waals surface area contributed by atoms with Crippen molar-refractivity contribution >= 4 is 36.3 Å². The molecule has 1 fully saturated rings. The highest BCUT2D eigenvalue weighted by Crippen LogP contribution is 2.29. The largest absolute Gasteiger partial charge is 0.354 e. The van der Waals surface area contributed by atoms with E-state index in [0.29, 0.717) is 12.5 Å². The molecule has 0 bridgehead atoms. The third-order valence-corrected chi connectivity index (χ3v) is 5.94. The second-order valence-electron chi connectivity index (χ2n) is 7.16. The Morgan fingerprint density at radius 1 is 0.909 bits per heavy atom. The quantitative estimate of drug-likeness (QED) is 0.358. The molecule has 1 N–H and O–H groups in total. The standard InChI is InChI=1S/C17H25NO12S3/c1-26-17-13(18-16(19)11-8-6-5-7-9-11)15(30-33(4,24)25)14(29-32(3,22)23)12(28-17)10-27-31(2,20)21/h5-9,12-15,17H,10H2,1-4H3,(H,18,19). The van der Waals surface area contributed by atoms with Gasteiger partial charge in [-0.2, -0.15) is 25.3 Å². The molecule has 1 aliphatic rings. The second kappa shape index (κ2) is 10.7. The van der Waals surface area contributed by atoms with Crippen LogP contribution in [0, 0.1) is 0 Å². The summed E-state index contributed by atoms with van der Waals surface area (Å²) in [6, 6.07) is 6.45. The van der Waals surface area contributed by atoms with E-state index in [1.54, 1.807) is 18.2 Å². The molecule has 0 saturated carbocycles. The lowest BCUT2D eigenvalue weighted by Gasteiger charge is -2.44. The van der Waals surface area contributed by atoms with E-state index in [-0.39, 0.29) is 5.56 Å². The zero-order valence-electron chi connectivity index (χ0n) is 18.1. The van der Waals surface area contributed by atoms with Gasteiger partial charge < -0.3 is 14.8 Å². The molecule has 13 nitrogen and oxygen atoms in total. The van der Waals surface area contributed by atoms with Crippen molar-refractivity contribution in [1.29, 1.82) is 0 Å². The molecule has 5 atom stereocenters. The molecule has 1 aliphatic heterocycles. The van der Waals surface area contributed by atoms with Crippen molar-refractivity contribution in [2.45, 2.75) is 30.6 Å². The van der Waals surface area contributed by atoms with Crippen LogP contribution in [-0.2, 0) is 52.4 Å². The van der Waals surface area contributed by atoms with Crippen LogP contribution in [0.15, 0.2) is 30.3 Å². The summed E-state index contributed by atoms with van der Waals surface area (Å²) in [5.41, 5.74) is 0.202. The first-order chi connectivity index (χ1) is 15.1. The van der Waals surface area contributed by atoms with Crippen molar-refractivity contribution in [2.75, 3.05) is 32.5 Å². The van der Waals surface area contributed by atoms with Gasteiger partial charge in [-0.15, -0.1) is 0 Å². The summed E-state index contributed by atoms with van der Waals surface area (Å²) < 4.78 is 96.2. The van der Waals surface area contributed by atoms with Crippen LogP contribution in [0.3, 0.4) is 0 Å². The summed E-state index contributed by atoms with van der Waals surface area (Å²) in [6.07, 6.45) is -4.14. The number of rotatable bonds is 10. The third-order valence-electron chi connectivity index (χ3n) is 4.23. The van der Waals surface area contributed by atoms with Crippen LogP contribution in [-0.4, -0.2) is 94.3 Å². The van der Waals surface area contributed by atoms with Crippen LogP contribution in [0.4, 0.5) is 0 Å². The minimum absolute atomic E-state index is 0.202. The number of carbonyl (C=O) groups excluding carboxylic acids is 1. The Morgan fingerprint density at radius 2 is 1.45 bits per heavy atom. The summed E-state index contributed by atoms with van der Waals surface area (Å²) in [5, 5.41) is 2.51. The normalized spacial score (nSPS) is 26.6. The van der Waals surface area contributed by atoms with Crippen molar-refractivity contribution in [3.05, 3.63) is 35.9 Å². The number of ether oxygens (including phenoxy) is 2. The molecule has 5 unspecified atom stereocenters. The lowest BCUT2D eigenvalue weighted by molar-refractivity contribution is -0.249. The maximum atomic E-state index is 12.7. The molecule has 16 heteroatoms. The van der Waals surface area contributed by atoms with Crippen molar-refractivity contribution in [3.8, 4) is 0 Å². The number of benzene rings is 1. The third kappa shape index (κ3) is 8.90. The van der Waals surface area contributed by atoms with Gasteiger partial charge in [0.1, 0.15) is 24.4 Å². The van der Waals surface area contributed by atoms with E-state index in [9.17, 15) is 30.0 Å². The molecule has 0 radical (unpaired) electrons. The summed E-state index contributed by atoms with van der Waals surface area (Å²) in [7, 11) is -11.3. The van der Waals surface area contributed by atoms with Crippen LogP contribution in [0.1, 0.15) is 10.4 Å². The Hall–Kier alpha value is -1.66. The van der Waals surface area contributed by atoms with Gasteiger partial charge in [0.2, 0.25) is 0 Å². The molecule has 1 saturated heterocycles. The molecule has 0 aromatic heterocycles. The minimum Gasteiger partial charge on any atom is -0.354 e. The first kappa shape index (κ1) is 27.6. The van der Waals surface area contributed by atoms with Gasteiger partial charge in [0.15, 0.2) is 6.29 Å². The van der Waals surface area contributed by atoms with Crippen LogP contribution in [0.2, 0.25) is 0 Å². The van der Waals surface area contributed by atoms with Crippen molar-refractivity contribution in [3.63, 3.8) is 0 Å². The van der Waals surface area contributed by atoms with Gasteiger partial charge in [0, 0.05) is 12.7 Å². The number of hydrogen-bond donors (Lipinski definition) is 1. The van der Waals surface area contributed by atoms with Crippen LogP contribution in [0.5, 0.6) is 0 Å². The summed E-state index contributed by atoms with van der Waals surface area (Å²) in [6.45, 7) is -0.748. The van der Waals surface area contributed by atoms with E-state index in [1.165, 1.54) is 19.2 Å². The van der Waals surface area contributed by atoms with Gasteiger partial charge >= 0.3 is 0 Å². The van der Waals surface area contributed by atoms with E-state index in [0.717, 1.165) is 6.26 Å². The Morgan fingerprint density at radius 3 is 1.94 bits per heavy atom.